The second kappa shape index (κ2) is 7.81. The summed E-state index contributed by atoms with van der Waals surface area (Å²) in [6.07, 6.45) is 0.258. The molecule has 2 aromatic carbocycles. The molecule has 6 heteroatoms. The third-order valence-corrected chi connectivity index (χ3v) is 4.53. The van der Waals surface area contributed by atoms with Crippen molar-refractivity contribution >= 4 is 11.6 Å². The smallest absolute Gasteiger partial charge is 0.288 e. The molecule has 0 saturated heterocycles. The van der Waals surface area contributed by atoms with Crippen molar-refractivity contribution in [2.24, 2.45) is 0 Å². The van der Waals surface area contributed by atoms with E-state index in [1.807, 2.05) is 68.4 Å². The maximum atomic E-state index is 13.0. The molecule has 1 heterocycles. The van der Waals surface area contributed by atoms with Crippen LogP contribution in [0.4, 0.5) is 0 Å². The van der Waals surface area contributed by atoms with Crippen LogP contribution in [-0.4, -0.2) is 33.8 Å². The lowest BCUT2D eigenvalue weighted by atomic mass is 10.1. The molecule has 0 saturated carbocycles. The zero-order valence-corrected chi connectivity index (χ0v) is 15.8. The SMILES string of the molecule is CC(N(C)C)n1nc(-c2cccc(Cl)c2)nc(Cc2ccccc2)c1=O. The monoisotopic (exact) mass is 368 g/mol. The summed E-state index contributed by atoms with van der Waals surface area (Å²) in [5.74, 6) is 0.492. The van der Waals surface area contributed by atoms with Gasteiger partial charge in [-0.05, 0) is 38.7 Å². The molecule has 1 unspecified atom stereocenters. The van der Waals surface area contributed by atoms with Crippen LogP contribution in [0.5, 0.6) is 0 Å². The second-order valence-corrected chi connectivity index (χ2v) is 6.84. The number of hydrogen-bond acceptors (Lipinski definition) is 4. The van der Waals surface area contributed by atoms with Gasteiger partial charge in [-0.2, -0.15) is 0 Å². The summed E-state index contributed by atoms with van der Waals surface area (Å²) in [6, 6.07) is 17.2. The van der Waals surface area contributed by atoms with E-state index in [1.54, 1.807) is 12.1 Å². The minimum absolute atomic E-state index is 0.180. The molecule has 0 N–H and O–H groups in total. The van der Waals surface area contributed by atoms with Crippen LogP contribution in [0, 0.1) is 0 Å². The van der Waals surface area contributed by atoms with Crippen LogP contribution in [-0.2, 0) is 6.42 Å². The average Bonchev–Trinajstić information content (AvgIpc) is 2.63. The highest BCUT2D eigenvalue weighted by molar-refractivity contribution is 6.30. The fraction of sp³-hybridized carbons (Fsp3) is 0.250. The third kappa shape index (κ3) is 4.00. The first-order valence-corrected chi connectivity index (χ1v) is 8.79. The van der Waals surface area contributed by atoms with Gasteiger partial charge in [0, 0.05) is 17.0 Å². The second-order valence-electron chi connectivity index (χ2n) is 6.40. The van der Waals surface area contributed by atoms with Crippen molar-refractivity contribution < 1.29 is 0 Å². The van der Waals surface area contributed by atoms with Crippen LogP contribution < -0.4 is 5.56 Å². The van der Waals surface area contributed by atoms with Gasteiger partial charge in [-0.1, -0.05) is 54.1 Å². The molecule has 0 aliphatic carbocycles. The minimum atomic E-state index is -0.196. The predicted octanol–water partition coefficient (Wildman–Crippen LogP) is 3.63. The lowest BCUT2D eigenvalue weighted by Gasteiger charge is -2.22. The van der Waals surface area contributed by atoms with E-state index in [0.29, 0.717) is 23.0 Å². The first-order chi connectivity index (χ1) is 12.5. The van der Waals surface area contributed by atoms with Crippen molar-refractivity contribution in [2.45, 2.75) is 19.5 Å². The molecular formula is C20H21ClN4O. The van der Waals surface area contributed by atoms with E-state index in [0.717, 1.165) is 11.1 Å². The molecule has 0 radical (unpaired) electrons. The summed E-state index contributed by atoms with van der Waals surface area (Å²) in [7, 11) is 3.82. The van der Waals surface area contributed by atoms with Crippen molar-refractivity contribution in [3.63, 3.8) is 0 Å². The zero-order valence-electron chi connectivity index (χ0n) is 15.1. The molecule has 3 aromatic rings. The van der Waals surface area contributed by atoms with Gasteiger partial charge in [0.2, 0.25) is 0 Å². The Bertz CT molecular complexity index is 954. The first kappa shape index (κ1) is 18.3. The highest BCUT2D eigenvalue weighted by Crippen LogP contribution is 2.20. The molecular weight excluding hydrogens is 348 g/mol. The van der Waals surface area contributed by atoms with Crippen molar-refractivity contribution in [1.29, 1.82) is 0 Å². The summed E-state index contributed by atoms with van der Waals surface area (Å²) in [6.45, 7) is 1.93. The van der Waals surface area contributed by atoms with Crippen LogP contribution in [0.1, 0.15) is 24.3 Å². The van der Waals surface area contributed by atoms with Gasteiger partial charge in [-0.15, -0.1) is 5.10 Å². The molecule has 0 bridgehead atoms. The van der Waals surface area contributed by atoms with E-state index in [4.69, 9.17) is 11.6 Å². The van der Waals surface area contributed by atoms with Crippen molar-refractivity contribution in [1.82, 2.24) is 19.7 Å². The Labute approximate surface area is 157 Å². The number of rotatable bonds is 5. The molecule has 0 aliphatic rings. The van der Waals surface area contributed by atoms with E-state index in [1.165, 1.54) is 4.68 Å². The number of halogens is 1. The highest BCUT2D eigenvalue weighted by Gasteiger charge is 2.17. The summed E-state index contributed by atoms with van der Waals surface area (Å²) in [4.78, 5) is 19.4. The van der Waals surface area contributed by atoms with Crippen LogP contribution in [0.2, 0.25) is 5.02 Å². The molecule has 0 amide bonds. The summed E-state index contributed by atoms with van der Waals surface area (Å²) in [5.41, 5.74) is 2.10. The van der Waals surface area contributed by atoms with E-state index in [-0.39, 0.29) is 11.7 Å². The minimum Gasteiger partial charge on any atom is -0.288 e. The van der Waals surface area contributed by atoms with E-state index >= 15 is 0 Å². The van der Waals surface area contributed by atoms with Gasteiger partial charge in [-0.25, -0.2) is 9.67 Å². The van der Waals surface area contributed by atoms with Gasteiger partial charge in [0.05, 0.1) is 0 Å². The quantitative estimate of drug-likeness (QED) is 0.690. The van der Waals surface area contributed by atoms with E-state index < -0.39 is 0 Å². The topological polar surface area (TPSA) is 51.0 Å². The van der Waals surface area contributed by atoms with Gasteiger partial charge < -0.3 is 0 Å². The maximum absolute atomic E-state index is 13.0. The average molecular weight is 369 g/mol. The Morgan fingerprint density at radius 3 is 2.50 bits per heavy atom. The first-order valence-electron chi connectivity index (χ1n) is 8.41. The Morgan fingerprint density at radius 1 is 1.12 bits per heavy atom. The molecule has 0 aliphatic heterocycles. The number of aromatic nitrogens is 3. The summed E-state index contributed by atoms with van der Waals surface area (Å²) in [5, 5.41) is 5.11. The standard InChI is InChI=1S/C20H21ClN4O/c1-14(24(2)3)25-20(26)18(12-15-8-5-4-6-9-15)22-19(23-25)16-10-7-11-17(21)13-16/h4-11,13-14H,12H2,1-3H3. The molecule has 1 aromatic heterocycles. The highest BCUT2D eigenvalue weighted by atomic mass is 35.5. The van der Waals surface area contributed by atoms with Crippen molar-refractivity contribution in [2.75, 3.05) is 14.1 Å². The largest absolute Gasteiger partial charge is 0.290 e. The molecule has 5 nitrogen and oxygen atoms in total. The van der Waals surface area contributed by atoms with Crippen LogP contribution in [0.25, 0.3) is 11.4 Å². The van der Waals surface area contributed by atoms with E-state index in [9.17, 15) is 4.79 Å². The predicted molar refractivity (Wildman–Crippen MR) is 104 cm³/mol. The van der Waals surface area contributed by atoms with Crippen LogP contribution >= 0.6 is 11.6 Å². The van der Waals surface area contributed by atoms with E-state index in [2.05, 4.69) is 10.1 Å². The number of nitrogens with zero attached hydrogens (tertiary/aromatic N) is 4. The van der Waals surface area contributed by atoms with Gasteiger partial charge in [0.15, 0.2) is 5.82 Å². The Morgan fingerprint density at radius 2 is 1.85 bits per heavy atom. The van der Waals surface area contributed by atoms with Crippen LogP contribution in [0.3, 0.4) is 0 Å². The Balaban J connectivity index is 2.14. The van der Waals surface area contributed by atoms with Crippen molar-refractivity contribution in [3.05, 3.63) is 81.2 Å². The van der Waals surface area contributed by atoms with Crippen molar-refractivity contribution in [3.8, 4) is 11.4 Å². The number of hydrogen-bond donors (Lipinski definition) is 0. The third-order valence-electron chi connectivity index (χ3n) is 4.30. The Hall–Kier alpha value is -2.50. The molecule has 134 valence electrons. The summed E-state index contributed by atoms with van der Waals surface area (Å²) >= 11 is 6.12. The van der Waals surface area contributed by atoms with Crippen LogP contribution in [0.15, 0.2) is 59.4 Å². The molecule has 3 rings (SSSR count). The zero-order chi connectivity index (χ0) is 18.7. The molecule has 1 atom stereocenters. The van der Waals surface area contributed by atoms with Gasteiger partial charge in [-0.3, -0.25) is 9.69 Å². The maximum Gasteiger partial charge on any atom is 0.290 e. The normalized spacial score (nSPS) is 12.3. The fourth-order valence-electron chi connectivity index (χ4n) is 2.60. The van der Waals surface area contributed by atoms with Gasteiger partial charge >= 0.3 is 0 Å². The lowest BCUT2D eigenvalue weighted by molar-refractivity contribution is 0.211. The fourth-order valence-corrected chi connectivity index (χ4v) is 2.79. The molecule has 26 heavy (non-hydrogen) atoms. The van der Waals surface area contributed by atoms with Gasteiger partial charge in [0.25, 0.3) is 5.56 Å². The lowest BCUT2D eigenvalue weighted by Crippen LogP contribution is -2.36. The molecule has 0 fully saturated rings. The number of benzene rings is 2. The molecule has 0 spiro atoms. The van der Waals surface area contributed by atoms with Gasteiger partial charge in [0.1, 0.15) is 11.9 Å². The Kier molecular flexibility index (Phi) is 5.49. The summed E-state index contributed by atoms with van der Waals surface area (Å²) < 4.78 is 1.49.